The van der Waals surface area contributed by atoms with Gasteiger partial charge in [0, 0.05) is 12.6 Å². The second-order valence-corrected chi connectivity index (χ2v) is 6.68. The summed E-state index contributed by atoms with van der Waals surface area (Å²) in [4.78, 5) is 4.65. The Morgan fingerprint density at radius 3 is 2.27 bits per heavy atom. The molecule has 0 spiro atoms. The van der Waals surface area contributed by atoms with Gasteiger partial charge in [-0.2, -0.15) is 0 Å². The van der Waals surface area contributed by atoms with Crippen molar-refractivity contribution in [3.05, 3.63) is 35.2 Å². The Kier molecular flexibility index (Phi) is 11.4. The van der Waals surface area contributed by atoms with E-state index in [-0.39, 0.29) is 24.0 Å². The molecule has 0 saturated heterocycles. The number of nitrogens with zero attached hydrogens (tertiary/aromatic N) is 2. The number of aliphatic imine (C=N–C) groups is 1. The summed E-state index contributed by atoms with van der Waals surface area (Å²) in [6.07, 6.45) is 0. The van der Waals surface area contributed by atoms with E-state index in [0.717, 1.165) is 23.6 Å². The molecule has 0 atom stereocenters. The first kappa shape index (κ1) is 25.9. The lowest BCUT2D eigenvalue weighted by atomic mass is 10.1. The molecule has 0 fully saturated rings. The van der Waals surface area contributed by atoms with Crippen LogP contribution >= 0.6 is 24.0 Å². The third kappa shape index (κ3) is 7.26. The number of guanidine groups is 1. The molecule has 8 nitrogen and oxygen atoms in total. The molecule has 0 aliphatic rings. The summed E-state index contributed by atoms with van der Waals surface area (Å²) in [5.41, 5.74) is 1.89. The van der Waals surface area contributed by atoms with Crippen molar-refractivity contribution >= 4 is 29.9 Å². The van der Waals surface area contributed by atoms with Gasteiger partial charge in [0.25, 0.3) is 0 Å². The molecule has 0 saturated carbocycles. The van der Waals surface area contributed by atoms with Crippen molar-refractivity contribution in [2.75, 3.05) is 27.4 Å². The van der Waals surface area contributed by atoms with Gasteiger partial charge in [-0.1, -0.05) is 19.0 Å². The molecule has 0 aliphatic heterocycles. The van der Waals surface area contributed by atoms with E-state index >= 15 is 0 Å². The first-order valence-corrected chi connectivity index (χ1v) is 9.87. The smallest absolute Gasteiger partial charge is 0.203 e. The highest BCUT2D eigenvalue weighted by atomic mass is 127. The average Bonchev–Trinajstić information content (AvgIpc) is 3.20. The Hall–Kier alpha value is -2.17. The van der Waals surface area contributed by atoms with Crippen LogP contribution in [0.2, 0.25) is 0 Å². The van der Waals surface area contributed by atoms with E-state index in [4.69, 9.17) is 18.7 Å². The normalized spacial score (nSPS) is 11.1. The molecular weight excluding hydrogens is 499 g/mol. The van der Waals surface area contributed by atoms with Crippen LogP contribution in [0.15, 0.2) is 27.7 Å². The lowest BCUT2D eigenvalue weighted by Gasteiger charge is -2.15. The van der Waals surface area contributed by atoms with Crippen LogP contribution in [0.4, 0.5) is 0 Å². The molecule has 0 bridgehead atoms. The van der Waals surface area contributed by atoms with Gasteiger partial charge in [0.1, 0.15) is 0 Å². The third-order valence-electron chi connectivity index (χ3n) is 4.17. The fourth-order valence-corrected chi connectivity index (χ4v) is 2.68. The number of nitrogens with one attached hydrogen (secondary N) is 2. The van der Waals surface area contributed by atoms with E-state index in [2.05, 4.69) is 34.6 Å². The molecule has 2 rings (SSSR count). The van der Waals surface area contributed by atoms with E-state index in [9.17, 15) is 0 Å². The largest absolute Gasteiger partial charge is 0.493 e. The van der Waals surface area contributed by atoms with E-state index in [0.29, 0.717) is 48.8 Å². The van der Waals surface area contributed by atoms with Crippen molar-refractivity contribution < 1.29 is 18.7 Å². The average molecular weight is 532 g/mol. The lowest BCUT2D eigenvalue weighted by Crippen LogP contribution is -2.36. The third-order valence-corrected chi connectivity index (χ3v) is 4.17. The Labute approximate surface area is 195 Å². The van der Waals surface area contributed by atoms with Crippen molar-refractivity contribution in [2.24, 2.45) is 4.99 Å². The molecule has 2 N–H and O–H groups in total. The number of methoxy groups -OCH3 is 2. The number of hydrogen-bond acceptors (Lipinski definition) is 6. The molecular formula is C21H33IN4O4. The Morgan fingerprint density at radius 1 is 1.10 bits per heavy atom. The fourth-order valence-electron chi connectivity index (χ4n) is 2.68. The van der Waals surface area contributed by atoms with Crippen molar-refractivity contribution in [3.63, 3.8) is 0 Å². The predicted molar refractivity (Wildman–Crippen MR) is 128 cm³/mol. The van der Waals surface area contributed by atoms with Crippen LogP contribution in [0.5, 0.6) is 17.2 Å². The monoisotopic (exact) mass is 532 g/mol. The highest BCUT2D eigenvalue weighted by molar-refractivity contribution is 14.0. The molecule has 9 heteroatoms. The van der Waals surface area contributed by atoms with Crippen molar-refractivity contribution in [2.45, 2.75) is 46.7 Å². The molecule has 30 heavy (non-hydrogen) atoms. The van der Waals surface area contributed by atoms with Crippen molar-refractivity contribution in [3.8, 4) is 17.2 Å². The minimum atomic E-state index is 0. The zero-order valence-corrected chi connectivity index (χ0v) is 20.9. The highest BCUT2D eigenvalue weighted by Gasteiger charge is 2.14. The first-order valence-electron chi connectivity index (χ1n) is 9.87. The summed E-state index contributed by atoms with van der Waals surface area (Å²) in [7, 11) is 3.22. The summed E-state index contributed by atoms with van der Waals surface area (Å²) in [5, 5.41) is 10.6. The van der Waals surface area contributed by atoms with Gasteiger partial charge in [-0.05, 0) is 37.5 Å². The quantitative estimate of drug-likeness (QED) is 0.271. The predicted octanol–water partition coefficient (Wildman–Crippen LogP) is 4.09. The fraction of sp³-hybridized carbons (Fsp3) is 0.524. The number of aromatic nitrogens is 1. The number of hydrogen-bond donors (Lipinski definition) is 2. The lowest BCUT2D eigenvalue weighted by molar-refractivity contribution is 0.288. The second-order valence-electron chi connectivity index (χ2n) is 6.68. The van der Waals surface area contributed by atoms with Crippen LogP contribution in [0.25, 0.3) is 0 Å². The van der Waals surface area contributed by atoms with Crippen molar-refractivity contribution in [1.82, 2.24) is 15.8 Å². The maximum atomic E-state index is 5.65. The molecule has 2 aromatic rings. The van der Waals surface area contributed by atoms with Gasteiger partial charge in [0.05, 0.1) is 39.6 Å². The molecule has 1 aromatic heterocycles. The summed E-state index contributed by atoms with van der Waals surface area (Å²) >= 11 is 0. The van der Waals surface area contributed by atoms with Gasteiger partial charge in [-0.3, -0.25) is 0 Å². The maximum absolute atomic E-state index is 5.65. The molecule has 168 valence electrons. The van der Waals surface area contributed by atoms with Crippen LogP contribution in [-0.2, 0) is 13.1 Å². The minimum absolute atomic E-state index is 0. The van der Waals surface area contributed by atoms with Crippen LogP contribution in [0.3, 0.4) is 0 Å². The Morgan fingerprint density at radius 2 is 1.77 bits per heavy atom. The van der Waals surface area contributed by atoms with E-state index in [1.165, 1.54) is 0 Å². The van der Waals surface area contributed by atoms with E-state index in [1.54, 1.807) is 14.2 Å². The Balaban J connectivity index is 0.00000450. The Bertz CT molecular complexity index is 783. The van der Waals surface area contributed by atoms with Gasteiger partial charge in [0.2, 0.25) is 5.75 Å². The molecule has 0 radical (unpaired) electrons. The topological polar surface area (TPSA) is 90.1 Å². The van der Waals surface area contributed by atoms with Crippen molar-refractivity contribution in [1.29, 1.82) is 0 Å². The standard InChI is InChI=1S/C21H32N4O4.HI/c1-7-22-21(24-13-16-11-17(14(3)4)25-29-16)23-12-15-9-18(26-5)20(28-8-2)19(10-15)27-6;/h9-11,14H,7-8,12-13H2,1-6H3,(H2,22,23,24);1H. The number of halogens is 1. The summed E-state index contributed by atoms with van der Waals surface area (Å²) in [5.74, 6) is 3.63. The molecule has 0 aliphatic carbocycles. The second kappa shape index (κ2) is 13.2. The van der Waals surface area contributed by atoms with Gasteiger partial charge >= 0.3 is 0 Å². The van der Waals surface area contributed by atoms with Crippen LogP contribution in [0, 0.1) is 0 Å². The molecule has 0 unspecified atom stereocenters. The zero-order valence-electron chi connectivity index (χ0n) is 18.6. The van der Waals surface area contributed by atoms with E-state index in [1.807, 2.05) is 32.0 Å². The van der Waals surface area contributed by atoms with Gasteiger partial charge < -0.3 is 29.4 Å². The summed E-state index contributed by atoms with van der Waals surface area (Å²) in [6.45, 7) is 10.3. The summed E-state index contributed by atoms with van der Waals surface area (Å²) < 4.78 is 21.9. The van der Waals surface area contributed by atoms with Gasteiger partial charge in [-0.25, -0.2) is 4.99 Å². The number of rotatable bonds is 10. The molecule has 0 amide bonds. The van der Waals surface area contributed by atoms with E-state index < -0.39 is 0 Å². The first-order chi connectivity index (χ1) is 14.0. The van der Waals surface area contributed by atoms with Gasteiger partial charge in [0.15, 0.2) is 23.2 Å². The molecule has 1 heterocycles. The van der Waals surface area contributed by atoms with Crippen LogP contribution in [0.1, 0.15) is 50.6 Å². The SMILES string of the molecule is CCNC(=NCc1cc(OC)c(OCC)c(OC)c1)NCc1cc(C(C)C)no1.I. The van der Waals surface area contributed by atoms with Crippen LogP contribution < -0.4 is 24.8 Å². The minimum Gasteiger partial charge on any atom is -0.493 e. The number of benzene rings is 1. The molecule has 1 aromatic carbocycles. The number of ether oxygens (including phenoxy) is 3. The van der Waals surface area contributed by atoms with Gasteiger partial charge in [-0.15, -0.1) is 24.0 Å². The van der Waals surface area contributed by atoms with Crippen LogP contribution in [-0.4, -0.2) is 38.5 Å². The zero-order chi connectivity index (χ0) is 21.2. The summed E-state index contributed by atoms with van der Waals surface area (Å²) in [6, 6.07) is 5.78. The maximum Gasteiger partial charge on any atom is 0.203 e. The highest BCUT2D eigenvalue weighted by Crippen LogP contribution is 2.38.